The minimum Gasteiger partial charge on any atom is -0.353 e. The lowest BCUT2D eigenvalue weighted by atomic mass is 9.81. The van der Waals surface area contributed by atoms with Gasteiger partial charge in [-0.15, -0.1) is 11.3 Å². The molecule has 1 saturated heterocycles. The number of thiazole rings is 1. The van der Waals surface area contributed by atoms with Gasteiger partial charge in [-0.05, 0) is 55.7 Å². The van der Waals surface area contributed by atoms with Gasteiger partial charge in [0.2, 0.25) is 5.91 Å². The van der Waals surface area contributed by atoms with Crippen molar-refractivity contribution < 1.29 is 14.4 Å². The number of aryl methyl sites for hydroxylation is 1. The third-order valence-electron chi connectivity index (χ3n) is 8.84. The molecule has 0 spiro atoms. The van der Waals surface area contributed by atoms with E-state index in [1.165, 1.54) is 12.0 Å². The molecule has 2 aromatic rings. The van der Waals surface area contributed by atoms with E-state index in [-0.39, 0.29) is 29.9 Å². The molecule has 6 nitrogen and oxygen atoms in total. The number of nitrogens with one attached hydrogen (secondary N) is 1. The van der Waals surface area contributed by atoms with Crippen molar-refractivity contribution in [1.29, 1.82) is 0 Å². The van der Waals surface area contributed by atoms with Gasteiger partial charge in [0.25, 0.3) is 0 Å². The molecule has 1 aromatic carbocycles. The number of aromatic nitrogens is 1. The number of carbonyl (C=O) groups excluding carboxylic acids is 3. The summed E-state index contributed by atoms with van der Waals surface area (Å²) in [6.07, 6.45) is 9.65. The van der Waals surface area contributed by atoms with Crippen LogP contribution < -0.4 is 5.32 Å². The molecule has 1 amide bonds. The number of hydrogen-bond acceptors (Lipinski definition) is 7. The Morgan fingerprint density at radius 2 is 1.86 bits per heavy atom. The zero-order valence-electron chi connectivity index (χ0n) is 25.6. The Morgan fingerprint density at radius 1 is 1.10 bits per heavy atom. The maximum Gasteiger partial charge on any atom is 0.224 e. The fourth-order valence-electron chi connectivity index (χ4n) is 6.29. The van der Waals surface area contributed by atoms with Crippen LogP contribution in [0.25, 0.3) is 10.2 Å². The summed E-state index contributed by atoms with van der Waals surface area (Å²) in [5.74, 6) is 2.29. The van der Waals surface area contributed by atoms with E-state index < -0.39 is 5.92 Å². The van der Waals surface area contributed by atoms with E-state index in [0.29, 0.717) is 43.7 Å². The van der Waals surface area contributed by atoms with Gasteiger partial charge in [-0.2, -0.15) is 11.8 Å². The van der Waals surface area contributed by atoms with E-state index in [9.17, 15) is 14.4 Å². The monoisotopic (exact) mass is 611 g/mol. The second-order valence-electron chi connectivity index (χ2n) is 12.1. The van der Waals surface area contributed by atoms with E-state index in [0.717, 1.165) is 78.3 Å². The summed E-state index contributed by atoms with van der Waals surface area (Å²) in [6.45, 7) is 10.9. The molecule has 0 radical (unpaired) electrons. The molecule has 1 saturated carbocycles. The lowest BCUT2D eigenvalue weighted by Crippen LogP contribution is -2.45. The van der Waals surface area contributed by atoms with Crippen LogP contribution in [0, 0.1) is 11.8 Å². The van der Waals surface area contributed by atoms with E-state index in [4.69, 9.17) is 4.98 Å². The highest BCUT2D eigenvalue weighted by atomic mass is 32.2. The van der Waals surface area contributed by atoms with Gasteiger partial charge in [0.05, 0.1) is 21.1 Å². The molecule has 1 aliphatic heterocycles. The third kappa shape index (κ3) is 9.75. The summed E-state index contributed by atoms with van der Waals surface area (Å²) in [7, 11) is 0. The van der Waals surface area contributed by atoms with Crippen LogP contribution >= 0.6 is 23.1 Å². The molecule has 4 rings (SSSR count). The molecule has 1 N–H and O–H groups in total. The van der Waals surface area contributed by atoms with Crippen molar-refractivity contribution in [3.8, 4) is 0 Å². The van der Waals surface area contributed by atoms with Crippen molar-refractivity contribution in [3.63, 3.8) is 0 Å². The molecule has 0 bridgehead atoms. The fraction of sp³-hybridized carbons (Fsp3) is 0.647. The normalized spacial score (nSPS) is 18.0. The lowest BCUT2D eigenvalue weighted by molar-refractivity contribution is -0.130. The number of amides is 1. The predicted octanol–water partition coefficient (Wildman–Crippen LogP) is 6.80. The van der Waals surface area contributed by atoms with Crippen LogP contribution in [-0.4, -0.2) is 64.5 Å². The van der Waals surface area contributed by atoms with Crippen molar-refractivity contribution in [1.82, 2.24) is 15.2 Å². The number of nitrogens with zero attached hydrogens (tertiary/aromatic N) is 2. The molecule has 2 atom stereocenters. The smallest absolute Gasteiger partial charge is 0.224 e. The molecular formula is C34H49N3O3S2. The molecule has 1 aromatic heterocycles. The second-order valence-corrected chi connectivity index (χ2v) is 14.5. The van der Waals surface area contributed by atoms with E-state index in [1.807, 2.05) is 18.7 Å². The van der Waals surface area contributed by atoms with Gasteiger partial charge in [0.1, 0.15) is 5.78 Å². The number of Topliss-reactive ketones (excluding diaryl/α,β-unsaturated/α-hetero) is 2. The quantitative estimate of drug-likeness (QED) is 0.211. The first-order chi connectivity index (χ1) is 20.4. The van der Waals surface area contributed by atoms with Crippen LogP contribution in [0.15, 0.2) is 30.4 Å². The Bertz CT molecular complexity index is 1210. The van der Waals surface area contributed by atoms with Crippen molar-refractivity contribution >= 4 is 50.8 Å². The van der Waals surface area contributed by atoms with Gasteiger partial charge in [0.15, 0.2) is 5.78 Å². The molecular weight excluding hydrogens is 563 g/mol. The van der Waals surface area contributed by atoms with Gasteiger partial charge in [-0.1, -0.05) is 45.8 Å². The Morgan fingerprint density at radius 3 is 2.57 bits per heavy atom. The van der Waals surface area contributed by atoms with E-state index >= 15 is 0 Å². The standard InChI is InChI=1S/C34H49N3O3S2/c1-4-9-28(38)21-27(22-33-35-30-13-12-25(5-2)20-32(30)42-33)34(40)36-29(26-10-7-6-8-11-26)14-15-31(39)24(3)23-37-16-18-41-19-17-37/h12-13,20,26-27,29H,3-11,14-19,21-23H2,1-2H3,(H,36,40)/t27-,29+/m0/s1. The Balaban J connectivity index is 1.44. The number of carbonyl (C=O) groups is 3. The number of thioether (sulfide) groups is 1. The van der Waals surface area contributed by atoms with Crippen molar-refractivity contribution in [2.45, 2.75) is 96.9 Å². The third-order valence-corrected chi connectivity index (χ3v) is 10.8. The van der Waals surface area contributed by atoms with Crippen molar-refractivity contribution in [3.05, 3.63) is 40.9 Å². The number of hydrogen-bond donors (Lipinski definition) is 1. The van der Waals surface area contributed by atoms with Gasteiger partial charge in [0, 0.05) is 68.4 Å². The summed E-state index contributed by atoms with van der Waals surface area (Å²) >= 11 is 3.59. The van der Waals surface area contributed by atoms with Gasteiger partial charge in [-0.3, -0.25) is 19.3 Å². The molecule has 2 aliphatic rings. The molecule has 1 aliphatic carbocycles. The SMILES string of the molecule is C=C(CN1CCSCC1)C(=O)CC[C@@H](NC(=O)[C@@H](CC(=O)CCC)Cc1nc2ccc(CC)cc2s1)C1CCCCC1. The highest BCUT2D eigenvalue weighted by Crippen LogP contribution is 2.30. The molecule has 42 heavy (non-hydrogen) atoms. The molecule has 8 heteroatoms. The van der Waals surface area contributed by atoms with Crippen LogP contribution in [-0.2, 0) is 27.2 Å². The molecule has 2 heterocycles. The van der Waals surface area contributed by atoms with Crippen LogP contribution in [0.5, 0.6) is 0 Å². The minimum absolute atomic E-state index is 0.0628. The van der Waals surface area contributed by atoms with Crippen molar-refractivity contribution in [2.75, 3.05) is 31.1 Å². The lowest BCUT2D eigenvalue weighted by Gasteiger charge is -2.32. The molecule has 0 unspecified atom stereocenters. The van der Waals surface area contributed by atoms with Crippen LogP contribution in [0.1, 0.15) is 88.6 Å². The first-order valence-corrected chi connectivity index (χ1v) is 18.0. The average molecular weight is 612 g/mol. The van der Waals surface area contributed by atoms with Gasteiger partial charge in [-0.25, -0.2) is 4.98 Å². The maximum absolute atomic E-state index is 13.9. The van der Waals surface area contributed by atoms with Crippen LogP contribution in [0.3, 0.4) is 0 Å². The summed E-state index contributed by atoms with van der Waals surface area (Å²) in [6, 6.07) is 6.28. The summed E-state index contributed by atoms with van der Waals surface area (Å²) in [5, 5.41) is 4.28. The zero-order chi connectivity index (χ0) is 29.9. The summed E-state index contributed by atoms with van der Waals surface area (Å²) in [5.41, 5.74) is 2.90. The largest absolute Gasteiger partial charge is 0.353 e. The Labute approximate surface area is 260 Å². The number of ketones is 2. The van der Waals surface area contributed by atoms with Crippen molar-refractivity contribution in [2.24, 2.45) is 11.8 Å². The topological polar surface area (TPSA) is 79.4 Å². The fourth-order valence-corrected chi connectivity index (χ4v) is 8.38. The number of benzene rings is 1. The highest BCUT2D eigenvalue weighted by molar-refractivity contribution is 7.99. The Hall–Kier alpha value is -2.03. The maximum atomic E-state index is 13.9. The average Bonchev–Trinajstić information content (AvgIpc) is 3.41. The van der Waals surface area contributed by atoms with E-state index in [2.05, 4.69) is 41.9 Å². The Kier molecular flexibility index (Phi) is 13.1. The first-order valence-electron chi connectivity index (χ1n) is 16.1. The van der Waals surface area contributed by atoms with Gasteiger partial charge >= 0.3 is 0 Å². The number of rotatable bonds is 16. The van der Waals surface area contributed by atoms with Crippen LogP contribution in [0.2, 0.25) is 0 Å². The molecule has 2 fully saturated rings. The van der Waals surface area contributed by atoms with E-state index in [1.54, 1.807) is 11.3 Å². The summed E-state index contributed by atoms with van der Waals surface area (Å²) < 4.78 is 1.13. The second kappa shape index (κ2) is 16.7. The predicted molar refractivity (Wildman–Crippen MR) is 176 cm³/mol. The highest BCUT2D eigenvalue weighted by Gasteiger charge is 2.30. The summed E-state index contributed by atoms with van der Waals surface area (Å²) in [4.78, 5) is 47.0. The molecule has 230 valence electrons. The number of fused-ring (bicyclic) bond motifs is 1. The van der Waals surface area contributed by atoms with Crippen LogP contribution in [0.4, 0.5) is 0 Å². The first kappa shape index (κ1) is 32.9. The van der Waals surface area contributed by atoms with Gasteiger partial charge < -0.3 is 5.32 Å². The zero-order valence-corrected chi connectivity index (χ0v) is 27.3. The minimum atomic E-state index is -0.455.